The summed E-state index contributed by atoms with van der Waals surface area (Å²) in [5.74, 6) is -1.95. The molecule has 3 aliphatic heterocycles. The van der Waals surface area contributed by atoms with Crippen LogP contribution in [0.4, 0.5) is 18.9 Å². The van der Waals surface area contributed by atoms with E-state index in [2.05, 4.69) is 0 Å². The number of alkyl halides is 3. The Balaban J connectivity index is 1.67. The number of carbonyl (C=O) groups excluding carboxylic acids is 2. The Morgan fingerprint density at radius 2 is 1.96 bits per heavy atom. The smallest absolute Gasteiger partial charge is 0.378 e. The Kier molecular flexibility index (Phi) is 3.41. The van der Waals surface area contributed by atoms with Crippen LogP contribution in [0.25, 0.3) is 0 Å². The molecule has 0 aromatic heterocycles. The SMILES string of the molecule is O=C1[C@H]2[C@H](ON3CCOC[C@H]23)C(=O)N1c1cccc(C(F)(F)F)c1. The monoisotopic (exact) mass is 342 g/mol. The number of amides is 2. The molecule has 0 radical (unpaired) electrons. The zero-order valence-electron chi connectivity index (χ0n) is 12.3. The van der Waals surface area contributed by atoms with Gasteiger partial charge in [0.2, 0.25) is 5.91 Å². The second-order valence-corrected chi connectivity index (χ2v) is 5.89. The molecule has 1 aromatic rings. The number of carbonyl (C=O) groups is 2. The maximum atomic E-state index is 12.9. The highest BCUT2D eigenvalue weighted by Crippen LogP contribution is 2.40. The summed E-state index contributed by atoms with van der Waals surface area (Å²) < 4.78 is 43.9. The summed E-state index contributed by atoms with van der Waals surface area (Å²) in [5, 5.41) is 1.57. The number of hydroxylamine groups is 2. The lowest BCUT2D eigenvalue weighted by atomic mass is 9.97. The number of halogens is 3. The van der Waals surface area contributed by atoms with Gasteiger partial charge < -0.3 is 4.74 Å². The lowest BCUT2D eigenvalue weighted by molar-refractivity contribution is -0.197. The molecule has 0 aliphatic carbocycles. The predicted molar refractivity (Wildman–Crippen MR) is 73.6 cm³/mol. The molecule has 128 valence electrons. The number of benzene rings is 1. The van der Waals surface area contributed by atoms with Crippen LogP contribution >= 0.6 is 0 Å². The quantitative estimate of drug-likeness (QED) is 0.718. The summed E-state index contributed by atoms with van der Waals surface area (Å²) >= 11 is 0. The van der Waals surface area contributed by atoms with E-state index in [9.17, 15) is 22.8 Å². The topological polar surface area (TPSA) is 59.1 Å². The summed E-state index contributed by atoms with van der Waals surface area (Å²) in [6, 6.07) is 3.77. The number of morpholine rings is 1. The molecule has 0 N–H and O–H groups in total. The summed E-state index contributed by atoms with van der Waals surface area (Å²) in [6.45, 7) is 1.13. The van der Waals surface area contributed by atoms with Gasteiger partial charge in [0, 0.05) is 6.54 Å². The first kappa shape index (κ1) is 15.6. The number of ether oxygens (including phenoxy) is 1. The van der Waals surface area contributed by atoms with Crippen LogP contribution < -0.4 is 4.90 Å². The van der Waals surface area contributed by atoms with Gasteiger partial charge in [0.05, 0.1) is 36.4 Å². The molecule has 1 aromatic carbocycles. The van der Waals surface area contributed by atoms with Crippen LogP contribution in [0.2, 0.25) is 0 Å². The number of fused-ring (bicyclic) bond motifs is 3. The van der Waals surface area contributed by atoms with Crippen molar-refractivity contribution in [2.24, 2.45) is 5.92 Å². The molecular weight excluding hydrogens is 329 g/mol. The molecule has 4 rings (SSSR count). The zero-order chi connectivity index (χ0) is 17.1. The summed E-state index contributed by atoms with van der Waals surface area (Å²) in [7, 11) is 0. The molecule has 2 amide bonds. The molecule has 0 spiro atoms. The predicted octanol–water partition coefficient (Wildman–Crippen LogP) is 1.21. The van der Waals surface area contributed by atoms with Gasteiger partial charge in [-0.05, 0) is 18.2 Å². The van der Waals surface area contributed by atoms with Gasteiger partial charge in [-0.15, -0.1) is 0 Å². The Morgan fingerprint density at radius 1 is 1.17 bits per heavy atom. The van der Waals surface area contributed by atoms with E-state index in [0.29, 0.717) is 13.2 Å². The number of hydrogen-bond acceptors (Lipinski definition) is 5. The fourth-order valence-corrected chi connectivity index (χ4v) is 3.39. The summed E-state index contributed by atoms with van der Waals surface area (Å²) in [5.41, 5.74) is -1.01. The van der Waals surface area contributed by atoms with Gasteiger partial charge in [-0.25, -0.2) is 4.90 Å². The molecule has 3 fully saturated rings. The maximum absolute atomic E-state index is 12.9. The van der Waals surface area contributed by atoms with Gasteiger partial charge in [0.25, 0.3) is 5.91 Å². The zero-order valence-corrected chi connectivity index (χ0v) is 12.3. The molecule has 3 aliphatic rings. The minimum absolute atomic E-state index is 0.0962. The lowest BCUT2D eigenvalue weighted by Crippen LogP contribution is -2.46. The number of nitrogens with zero attached hydrogens (tertiary/aromatic N) is 2. The minimum atomic E-state index is -4.55. The Morgan fingerprint density at radius 3 is 2.71 bits per heavy atom. The van der Waals surface area contributed by atoms with Crippen LogP contribution in [0.3, 0.4) is 0 Å². The first-order valence-corrected chi connectivity index (χ1v) is 7.44. The van der Waals surface area contributed by atoms with Crippen molar-refractivity contribution in [3.05, 3.63) is 29.8 Å². The molecule has 0 unspecified atom stereocenters. The fourth-order valence-electron chi connectivity index (χ4n) is 3.39. The van der Waals surface area contributed by atoms with Crippen LogP contribution in [-0.4, -0.2) is 48.8 Å². The van der Waals surface area contributed by atoms with E-state index in [1.165, 1.54) is 12.1 Å². The van der Waals surface area contributed by atoms with Crippen LogP contribution in [0.1, 0.15) is 5.56 Å². The van der Waals surface area contributed by atoms with E-state index >= 15 is 0 Å². The van der Waals surface area contributed by atoms with E-state index in [1.54, 1.807) is 5.06 Å². The number of hydrogen-bond donors (Lipinski definition) is 0. The van der Waals surface area contributed by atoms with E-state index in [1.807, 2.05) is 0 Å². The molecule has 3 heterocycles. The molecule has 0 saturated carbocycles. The third-order valence-electron chi connectivity index (χ3n) is 4.51. The van der Waals surface area contributed by atoms with Gasteiger partial charge in [0.1, 0.15) is 0 Å². The van der Waals surface area contributed by atoms with E-state index < -0.39 is 41.6 Å². The first-order valence-electron chi connectivity index (χ1n) is 7.44. The molecule has 24 heavy (non-hydrogen) atoms. The van der Waals surface area contributed by atoms with Crippen LogP contribution in [0, 0.1) is 5.92 Å². The molecule has 6 nitrogen and oxygen atoms in total. The van der Waals surface area contributed by atoms with Gasteiger partial charge in [-0.2, -0.15) is 18.2 Å². The molecule has 3 atom stereocenters. The Labute approximate surface area is 134 Å². The number of anilines is 1. The highest BCUT2D eigenvalue weighted by atomic mass is 19.4. The van der Waals surface area contributed by atoms with E-state index in [0.717, 1.165) is 17.0 Å². The van der Waals surface area contributed by atoms with Crippen molar-refractivity contribution in [3.63, 3.8) is 0 Å². The normalized spacial score (nSPS) is 30.6. The minimum Gasteiger partial charge on any atom is -0.378 e. The van der Waals surface area contributed by atoms with Crippen molar-refractivity contribution in [1.82, 2.24) is 5.06 Å². The second kappa shape index (κ2) is 5.27. The van der Waals surface area contributed by atoms with Crippen molar-refractivity contribution < 1.29 is 32.3 Å². The third-order valence-corrected chi connectivity index (χ3v) is 4.51. The molecular formula is C15H13F3N2O4. The van der Waals surface area contributed by atoms with Gasteiger partial charge in [-0.3, -0.25) is 14.4 Å². The first-order chi connectivity index (χ1) is 11.4. The summed E-state index contributed by atoms with van der Waals surface area (Å²) in [6.07, 6.45) is -5.55. The van der Waals surface area contributed by atoms with E-state index in [4.69, 9.17) is 9.57 Å². The second-order valence-electron chi connectivity index (χ2n) is 5.89. The Bertz CT molecular complexity index is 708. The molecule has 9 heteroatoms. The van der Waals surface area contributed by atoms with Crippen LogP contribution in [-0.2, 0) is 25.3 Å². The highest BCUT2D eigenvalue weighted by Gasteiger charge is 2.60. The van der Waals surface area contributed by atoms with Crippen molar-refractivity contribution in [2.75, 3.05) is 24.7 Å². The average molecular weight is 342 g/mol. The van der Waals surface area contributed by atoms with Crippen LogP contribution in [0.15, 0.2) is 24.3 Å². The van der Waals surface area contributed by atoms with Crippen molar-refractivity contribution in [2.45, 2.75) is 18.3 Å². The highest BCUT2D eigenvalue weighted by molar-refractivity contribution is 6.23. The molecule has 3 saturated heterocycles. The molecule has 0 bridgehead atoms. The van der Waals surface area contributed by atoms with Gasteiger partial charge >= 0.3 is 6.18 Å². The van der Waals surface area contributed by atoms with E-state index in [-0.39, 0.29) is 12.3 Å². The number of imide groups is 1. The number of rotatable bonds is 1. The lowest BCUT2D eigenvalue weighted by Gasteiger charge is -2.30. The van der Waals surface area contributed by atoms with Gasteiger partial charge in [-0.1, -0.05) is 6.07 Å². The standard InChI is InChI=1S/C15H13F3N2O4/c16-15(17,18)8-2-1-3-9(6-8)20-13(21)11-10-7-23-5-4-19(10)24-12(11)14(20)22/h1-3,6,10-12H,4-5,7H2/t10-,11-,12+/m1/s1. The maximum Gasteiger partial charge on any atom is 0.416 e. The summed E-state index contributed by atoms with van der Waals surface area (Å²) in [4.78, 5) is 31.5. The van der Waals surface area contributed by atoms with Crippen molar-refractivity contribution in [1.29, 1.82) is 0 Å². The fraction of sp³-hybridized carbons (Fsp3) is 0.467. The van der Waals surface area contributed by atoms with Gasteiger partial charge in [0.15, 0.2) is 6.10 Å². The third kappa shape index (κ3) is 2.23. The van der Waals surface area contributed by atoms with Crippen LogP contribution in [0.5, 0.6) is 0 Å². The van der Waals surface area contributed by atoms with Crippen molar-refractivity contribution in [3.8, 4) is 0 Å². The largest absolute Gasteiger partial charge is 0.416 e. The Hall–Kier alpha value is -1.97. The van der Waals surface area contributed by atoms with Crippen molar-refractivity contribution >= 4 is 17.5 Å². The average Bonchev–Trinajstić information content (AvgIpc) is 3.03.